The normalized spacial score (nSPS) is 19.5. The van der Waals surface area contributed by atoms with Gasteiger partial charge in [0.25, 0.3) is 5.91 Å². The zero-order valence-electron chi connectivity index (χ0n) is 14.5. The van der Waals surface area contributed by atoms with Crippen molar-refractivity contribution in [2.75, 3.05) is 24.5 Å². The summed E-state index contributed by atoms with van der Waals surface area (Å²) in [4.78, 5) is 27.6. The molecule has 0 saturated carbocycles. The highest BCUT2D eigenvalue weighted by Crippen LogP contribution is 2.33. The second-order valence-electron chi connectivity index (χ2n) is 6.47. The predicted octanol–water partition coefficient (Wildman–Crippen LogP) is 3.74. The van der Waals surface area contributed by atoms with Gasteiger partial charge in [-0.3, -0.25) is 14.5 Å². The summed E-state index contributed by atoms with van der Waals surface area (Å²) in [6.07, 6.45) is 6.09. The van der Waals surface area contributed by atoms with Gasteiger partial charge in [0, 0.05) is 31.7 Å². The van der Waals surface area contributed by atoms with Gasteiger partial charge in [-0.15, -0.1) is 0 Å². The Hall–Kier alpha value is -1.86. The molecule has 1 N–H and O–H groups in total. The van der Waals surface area contributed by atoms with Crippen LogP contribution in [0.4, 0.5) is 5.69 Å². The number of carboxylic acids is 1. The maximum Gasteiger partial charge on any atom is 0.303 e. The number of piperidine rings is 1. The molecule has 1 amide bonds. The average Bonchev–Trinajstić information content (AvgIpc) is 2.90. The quantitative estimate of drug-likeness (QED) is 0.590. The molecule has 2 saturated heterocycles. The van der Waals surface area contributed by atoms with Crippen LogP contribution in [0.25, 0.3) is 6.08 Å². The van der Waals surface area contributed by atoms with Crippen molar-refractivity contribution in [1.29, 1.82) is 0 Å². The third-order valence-corrected chi connectivity index (χ3v) is 5.94. The molecule has 2 aliphatic heterocycles. The number of hydrogen-bond donors (Lipinski definition) is 1. The average molecular weight is 391 g/mol. The first-order chi connectivity index (χ1) is 12.5. The molecular weight excluding hydrogens is 368 g/mol. The van der Waals surface area contributed by atoms with E-state index in [0.29, 0.717) is 22.2 Å². The van der Waals surface area contributed by atoms with Crippen LogP contribution in [0.1, 0.15) is 37.7 Å². The maximum absolute atomic E-state index is 12.5. The van der Waals surface area contributed by atoms with E-state index < -0.39 is 5.97 Å². The zero-order valence-corrected chi connectivity index (χ0v) is 16.2. The monoisotopic (exact) mass is 390 g/mol. The number of anilines is 1. The third-order valence-electron chi connectivity index (χ3n) is 4.56. The molecule has 2 aliphatic rings. The van der Waals surface area contributed by atoms with Crippen molar-refractivity contribution in [3.8, 4) is 0 Å². The highest BCUT2D eigenvalue weighted by Gasteiger charge is 2.31. The fraction of sp³-hybridized carbons (Fsp3) is 0.421. The number of thiocarbonyl (C=S) groups is 1. The lowest BCUT2D eigenvalue weighted by molar-refractivity contribution is -0.137. The summed E-state index contributed by atoms with van der Waals surface area (Å²) >= 11 is 6.55. The molecular formula is C19H22N2O3S2. The number of rotatable bonds is 6. The van der Waals surface area contributed by atoms with Crippen LogP contribution in [0, 0.1) is 0 Å². The van der Waals surface area contributed by atoms with Crippen molar-refractivity contribution in [2.24, 2.45) is 0 Å². The molecule has 1 aromatic rings. The number of thioether (sulfide) groups is 1. The number of benzene rings is 1. The van der Waals surface area contributed by atoms with E-state index in [9.17, 15) is 9.59 Å². The van der Waals surface area contributed by atoms with Crippen LogP contribution in [0.5, 0.6) is 0 Å². The highest BCUT2D eigenvalue weighted by atomic mass is 32.2. The summed E-state index contributed by atoms with van der Waals surface area (Å²) < 4.78 is 0.497. The molecule has 1 aromatic carbocycles. The number of nitrogens with zero attached hydrogens (tertiary/aromatic N) is 2. The van der Waals surface area contributed by atoms with Gasteiger partial charge < -0.3 is 10.0 Å². The van der Waals surface area contributed by atoms with Crippen molar-refractivity contribution in [1.82, 2.24) is 4.90 Å². The van der Waals surface area contributed by atoms with Crippen molar-refractivity contribution in [3.05, 3.63) is 34.7 Å². The fourth-order valence-electron chi connectivity index (χ4n) is 3.17. The Balaban J connectivity index is 1.64. The van der Waals surface area contributed by atoms with Gasteiger partial charge in [-0.1, -0.05) is 36.1 Å². The van der Waals surface area contributed by atoms with E-state index >= 15 is 0 Å². The number of hydrogen-bond acceptors (Lipinski definition) is 5. The standard InChI is InChI=1S/C19H22N2O3S2/c22-17(23)5-4-12-21-18(24)16(26-19(21)25)13-14-6-8-15(9-7-14)20-10-2-1-3-11-20/h6-9,13H,1-5,10-12H2,(H,22,23). The first-order valence-electron chi connectivity index (χ1n) is 8.87. The molecule has 0 radical (unpaired) electrons. The molecule has 7 heteroatoms. The van der Waals surface area contributed by atoms with E-state index in [2.05, 4.69) is 17.0 Å². The van der Waals surface area contributed by atoms with Crippen molar-refractivity contribution in [2.45, 2.75) is 32.1 Å². The summed E-state index contributed by atoms with van der Waals surface area (Å²) in [5.41, 5.74) is 2.19. The summed E-state index contributed by atoms with van der Waals surface area (Å²) in [6, 6.07) is 8.26. The number of carboxylic acid groups (broad SMARTS) is 1. The lowest BCUT2D eigenvalue weighted by Crippen LogP contribution is -2.29. The van der Waals surface area contributed by atoms with Crippen LogP contribution >= 0.6 is 24.0 Å². The van der Waals surface area contributed by atoms with E-state index in [4.69, 9.17) is 17.3 Å². The lowest BCUT2D eigenvalue weighted by Gasteiger charge is -2.28. The molecule has 0 aromatic heterocycles. The summed E-state index contributed by atoms with van der Waals surface area (Å²) in [5.74, 6) is -0.995. The van der Waals surface area contributed by atoms with Gasteiger partial charge in [-0.25, -0.2) is 0 Å². The molecule has 3 rings (SSSR count). The topological polar surface area (TPSA) is 60.9 Å². The molecule has 26 heavy (non-hydrogen) atoms. The van der Waals surface area contributed by atoms with E-state index in [1.807, 2.05) is 18.2 Å². The number of aliphatic carboxylic acids is 1. The van der Waals surface area contributed by atoms with E-state index in [-0.39, 0.29) is 12.3 Å². The maximum atomic E-state index is 12.5. The third kappa shape index (κ3) is 4.65. The van der Waals surface area contributed by atoms with Crippen LogP contribution in [0.3, 0.4) is 0 Å². The van der Waals surface area contributed by atoms with Gasteiger partial charge in [0.15, 0.2) is 0 Å². The van der Waals surface area contributed by atoms with Crippen molar-refractivity contribution >= 4 is 51.9 Å². The number of carbonyl (C=O) groups excluding carboxylic acids is 1. The van der Waals surface area contributed by atoms with Crippen LogP contribution < -0.4 is 4.90 Å². The largest absolute Gasteiger partial charge is 0.481 e. The van der Waals surface area contributed by atoms with Crippen LogP contribution in [0.15, 0.2) is 29.2 Å². The van der Waals surface area contributed by atoms with Gasteiger partial charge in [0.1, 0.15) is 4.32 Å². The fourth-order valence-corrected chi connectivity index (χ4v) is 4.47. The summed E-state index contributed by atoms with van der Waals surface area (Å²) in [6.45, 7) is 2.56. The molecule has 0 unspecified atom stereocenters. The van der Waals surface area contributed by atoms with Gasteiger partial charge >= 0.3 is 5.97 Å². The van der Waals surface area contributed by atoms with E-state index in [0.717, 1.165) is 18.7 Å². The molecule has 0 atom stereocenters. The Kier molecular flexibility index (Phi) is 6.32. The minimum atomic E-state index is -0.861. The summed E-state index contributed by atoms with van der Waals surface area (Å²) in [7, 11) is 0. The first kappa shape index (κ1) is 18.9. The molecule has 0 spiro atoms. The lowest BCUT2D eigenvalue weighted by atomic mass is 10.1. The van der Waals surface area contributed by atoms with E-state index in [1.165, 1.54) is 41.6 Å². The second kappa shape index (κ2) is 8.68. The van der Waals surface area contributed by atoms with Crippen molar-refractivity contribution < 1.29 is 14.7 Å². The Morgan fingerprint density at radius 3 is 2.54 bits per heavy atom. The molecule has 5 nitrogen and oxygen atoms in total. The van der Waals surface area contributed by atoms with Crippen molar-refractivity contribution in [3.63, 3.8) is 0 Å². The minimum Gasteiger partial charge on any atom is -0.481 e. The second-order valence-corrected chi connectivity index (χ2v) is 8.15. The Morgan fingerprint density at radius 1 is 1.19 bits per heavy atom. The molecule has 138 valence electrons. The Bertz CT molecular complexity index is 725. The molecule has 0 aliphatic carbocycles. The van der Waals surface area contributed by atoms with E-state index in [1.54, 1.807) is 0 Å². The van der Waals surface area contributed by atoms with Gasteiger partial charge in [-0.2, -0.15) is 0 Å². The van der Waals surface area contributed by atoms with Crippen LogP contribution in [-0.4, -0.2) is 45.8 Å². The number of amides is 1. The smallest absolute Gasteiger partial charge is 0.303 e. The first-order valence-corrected chi connectivity index (χ1v) is 10.1. The van der Waals surface area contributed by atoms with Crippen LogP contribution in [-0.2, 0) is 9.59 Å². The Morgan fingerprint density at radius 2 is 1.88 bits per heavy atom. The highest BCUT2D eigenvalue weighted by molar-refractivity contribution is 8.26. The van der Waals surface area contributed by atoms with Crippen LogP contribution in [0.2, 0.25) is 0 Å². The predicted molar refractivity (Wildman–Crippen MR) is 109 cm³/mol. The number of carbonyl (C=O) groups is 2. The van der Waals surface area contributed by atoms with Gasteiger partial charge in [-0.05, 0) is 49.5 Å². The van der Waals surface area contributed by atoms with Gasteiger partial charge in [0.05, 0.1) is 4.91 Å². The molecule has 2 fully saturated rings. The van der Waals surface area contributed by atoms with Gasteiger partial charge in [0.2, 0.25) is 0 Å². The zero-order chi connectivity index (χ0) is 18.5. The molecule has 0 bridgehead atoms. The minimum absolute atomic E-state index is 0.0358. The molecule has 2 heterocycles. The Labute approximate surface area is 163 Å². The summed E-state index contributed by atoms with van der Waals surface area (Å²) in [5, 5.41) is 8.73. The SMILES string of the molecule is O=C(O)CCCN1C(=O)C(=Cc2ccc(N3CCCCC3)cc2)SC1=S.